The minimum atomic E-state index is -0.0430. The second-order valence-electron chi connectivity index (χ2n) is 7.28. The molecule has 166 valence electrons. The maximum Gasteiger partial charge on any atom is 0.251 e. The number of rotatable bonds is 9. The van der Waals surface area contributed by atoms with Crippen LogP contribution < -0.4 is 16.0 Å². The zero-order valence-electron chi connectivity index (χ0n) is 18.2. The van der Waals surface area contributed by atoms with Crippen LogP contribution >= 0.6 is 24.0 Å². The molecule has 0 aliphatic heterocycles. The van der Waals surface area contributed by atoms with Crippen LogP contribution in [0.3, 0.4) is 0 Å². The lowest BCUT2D eigenvalue weighted by molar-refractivity contribution is 0.0953. The van der Waals surface area contributed by atoms with Crippen LogP contribution in [0.5, 0.6) is 0 Å². The van der Waals surface area contributed by atoms with Crippen LogP contribution in [-0.2, 0) is 6.42 Å². The fourth-order valence-electron chi connectivity index (χ4n) is 3.33. The molecule has 0 saturated carbocycles. The Labute approximate surface area is 201 Å². The van der Waals surface area contributed by atoms with Gasteiger partial charge < -0.3 is 20.9 Å². The van der Waals surface area contributed by atoms with Crippen molar-refractivity contribution in [1.82, 2.24) is 20.9 Å². The summed E-state index contributed by atoms with van der Waals surface area (Å²) >= 11 is 0. The third kappa shape index (κ3) is 7.57. The smallest absolute Gasteiger partial charge is 0.251 e. The summed E-state index contributed by atoms with van der Waals surface area (Å²) in [4.78, 5) is 20.0. The number of carbonyl (C=O) groups is 1. The van der Waals surface area contributed by atoms with Gasteiger partial charge in [0.1, 0.15) is 0 Å². The van der Waals surface area contributed by atoms with E-state index in [2.05, 4.69) is 64.2 Å². The highest BCUT2D eigenvalue weighted by molar-refractivity contribution is 14.0. The van der Waals surface area contributed by atoms with Crippen molar-refractivity contribution in [2.24, 2.45) is 4.99 Å². The molecule has 6 nitrogen and oxygen atoms in total. The molecule has 31 heavy (non-hydrogen) atoms. The van der Waals surface area contributed by atoms with E-state index in [9.17, 15) is 4.79 Å². The lowest BCUT2D eigenvalue weighted by atomic mass is 10.1. The number of aromatic nitrogens is 1. The van der Waals surface area contributed by atoms with Crippen molar-refractivity contribution in [2.45, 2.75) is 26.7 Å². The topological polar surface area (TPSA) is 81.3 Å². The Morgan fingerprint density at radius 3 is 2.61 bits per heavy atom. The average molecular weight is 533 g/mol. The SMILES string of the molecule is CCNC(=NCCCNC(=O)c1ccccc1)NCCc1c[nH]c2cc(C)ccc12.I. The van der Waals surface area contributed by atoms with Crippen LogP contribution in [0.15, 0.2) is 59.7 Å². The average Bonchev–Trinajstić information content (AvgIpc) is 3.15. The molecule has 0 saturated heterocycles. The van der Waals surface area contributed by atoms with Gasteiger partial charge >= 0.3 is 0 Å². The summed E-state index contributed by atoms with van der Waals surface area (Å²) < 4.78 is 0. The highest BCUT2D eigenvalue weighted by Gasteiger charge is 2.05. The van der Waals surface area contributed by atoms with E-state index in [1.54, 1.807) is 0 Å². The third-order valence-electron chi connectivity index (χ3n) is 4.88. The Balaban J connectivity index is 0.00000341. The highest BCUT2D eigenvalue weighted by atomic mass is 127. The monoisotopic (exact) mass is 533 g/mol. The van der Waals surface area contributed by atoms with E-state index in [1.807, 2.05) is 30.3 Å². The molecule has 0 fully saturated rings. The van der Waals surface area contributed by atoms with Crippen molar-refractivity contribution in [1.29, 1.82) is 0 Å². The first-order valence-electron chi connectivity index (χ1n) is 10.6. The molecule has 0 radical (unpaired) electrons. The number of nitrogens with one attached hydrogen (secondary N) is 4. The molecular weight excluding hydrogens is 501 g/mol. The number of hydrogen-bond donors (Lipinski definition) is 4. The molecule has 0 atom stereocenters. The summed E-state index contributed by atoms with van der Waals surface area (Å²) in [6, 6.07) is 15.8. The van der Waals surface area contributed by atoms with E-state index >= 15 is 0 Å². The molecule has 1 amide bonds. The van der Waals surface area contributed by atoms with Crippen molar-refractivity contribution in [3.05, 3.63) is 71.4 Å². The number of hydrogen-bond acceptors (Lipinski definition) is 2. The van der Waals surface area contributed by atoms with Gasteiger partial charge in [0.25, 0.3) is 5.91 Å². The maximum atomic E-state index is 12.0. The van der Waals surface area contributed by atoms with E-state index in [4.69, 9.17) is 0 Å². The quantitative estimate of drug-likeness (QED) is 0.145. The Kier molecular flexibility index (Phi) is 10.4. The summed E-state index contributed by atoms with van der Waals surface area (Å²) in [7, 11) is 0. The predicted octanol–water partition coefficient (Wildman–Crippen LogP) is 4.01. The summed E-state index contributed by atoms with van der Waals surface area (Å²) in [6.45, 7) is 7.02. The maximum absolute atomic E-state index is 12.0. The summed E-state index contributed by atoms with van der Waals surface area (Å²) in [5.74, 6) is 0.765. The third-order valence-corrected chi connectivity index (χ3v) is 4.88. The fourth-order valence-corrected chi connectivity index (χ4v) is 3.33. The van der Waals surface area contributed by atoms with Gasteiger partial charge in [-0.15, -0.1) is 24.0 Å². The number of nitrogens with zero attached hydrogens (tertiary/aromatic N) is 1. The summed E-state index contributed by atoms with van der Waals surface area (Å²) in [5, 5.41) is 10.9. The fraction of sp³-hybridized carbons (Fsp3) is 0.333. The number of aryl methyl sites for hydroxylation is 1. The first-order valence-corrected chi connectivity index (χ1v) is 10.6. The Bertz CT molecular complexity index is 984. The van der Waals surface area contributed by atoms with E-state index < -0.39 is 0 Å². The molecule has 0 aliphatic rings. The minimum absolute atomic E-state index is 0. The van der Waals surface area contributed by atoms with Gasteiger partial charge in [0.05, 0.1) is 0 Å². The molecule has 0 spiro atoms. The largest absolute Gasteiger partial charge is 0.361 e. The first-order chi connectivity index (χ1) is 14.7. The number of carbonyl (C=O) groups excluding carboxylic acids is 1. The van der Waals surface area contributed by atoms with Crippen molar-refractivity contribution in [3.63, 3.8) is 0 Å². The number of amides is 1. The van der Waals surface area contributed by atoms with E-state index in [1.165, 1.54) is 22.0 Å². The number of fused-ring (bicyclic) bond motifs is 1. The van der Waals surface area contributed by atoms with E-state index in [0.717, 1.165) is 31.9 Å². The van der Waals surface area contributed by atoms with Gasteiger partial charge in [0, 0.05) is 48.8 Å². The van der Waals surface area contributed by atoms with Gasteiger partial charge in [0.2, 0.25) is 0 Å². The van der Waals surface area contributed by atoms with Crippen molar-refractivity contribution >= 4 is 46.7 Å². The van der Waals surface area contributed by atoms with Gasteiger partial charge in [-0.05, 0) is 56.0 Å². The lowest BCUT2D eigenvalue weighted by Crippen LogP contribution is -2.38. The van der Waals surface area contributed by atoms with Crippen LogP contribution in [0, 0.1) is 6.92 Å². The number of aromatic amines is 1. The number of H-pyrrole nitrogens is 1. The molecule has 4 N–H and O–H groups in total. The minimum Gasteiger partial charge on any atom is -0.361 e. The zero-order valence-corrected chi connectivity index (χ0v) is 20.5. The molecule has 2 aromatic carbocycles. The van der Waals surface area contributed by atoms with Gasteiger partial charge in [-0.1, -0.05) is 30.3 Å². The lowest BCUT2D eigenvalue weighted by Gasteiger charge is -2.11. The summed E-state index contributed by atoms with van der Waals surface area (Å²) in [5.41, 5.74) is 4.43. The Hall–Kier alpha value is -2.55. The predicted molar refractivity (Wildman–Crippen MR) is 140 cm³/mol. The van der Waals surface area contributed by atoms with Crippen molar-refractivity contribution < 1.29 is 4.79 Å². The number of benzene rings is 2. The van der Waals surface area contributed by atoms with Crippen LogP contribution in [-0.4, -0.2) is 43.0 Å². The van der Waals surface area contributed by atoms with Crippen LogP contribution in [0.1, 0.15) is 34.8 Å². The molecule has 3 rings (SSSR count). The standard InChI is InChI=1S/C24H31N5O.HI/c1-3-25-24(27-14-7-13-26-23(30)19-8-5-4-6-9-19)28-15-12-20-17-29-22-16-18(2)10-11-21(20)22;/h4-6,8-11,16-17,29H,3,7,12-15H2,1-2H3,(H,26,30)(H2,25,27,28);1H. The summed E-state index contributed by atoms with van der Waals surface area (Å²) in [6.07, 6.45) is 3.79. The second kappa shape index (κ2) is 13.0. The molecule has 7 heteroatoms. The molecule has 3 aromatic rings. The molecule has 0 unspecified atom stereocenters. The number of guanidine groups is 1. The van der Waals surface area contributed by atoms with Gasteiger partial charge in [-0.25, -0.2) is 0 Å². The Morgan fingerprint density at radius 1 is 1.03 bits per heavy atom. The van der Waals surface area contributed by atoms with Crippen molar-refractivity contribution in [3.8, 4) is 0 Å². The Morgan fingerprint density at radius 2 is 1.84 bits per heavy atom. The van der Waals surface area contributed by atoms with Crippen LogP contribution in [0.4, 0.5) is 0 Å². The number of halogens is 1. The number of aliphatic imine (C=N–C) groups is 1. The molecule has 0 aliphatic carbocycles. The molecule has 0 bridgehead atoms. The van der Waals surface area contributed by atoms with Gasteiger partial charge in [-0.2, -0.15) is 0 Å². The van der Waals surface area contributed by atoms with Crippen molar-refractivity contribution in [2.75, 3.05) is 26.2 Å². The molecule has 1 aromatic heterocycles. The molecule has 1 heterocycles. The normalized spacial score (nSPS) is 11.1. The van der Waals surface area contributed by atoms with E-state index in [0.29, 0.717) is 18.7 Å². The zero-order chi connectivity index (χ0) is 21.2. The van der Waals surface area contributed by atoms with Gasteiger partial charge in [-0.3, -0.25) is 9.79 Å². The highest BCUT2D eigenvalue weighted by Crippen LogP contribution is 2.19. The first kappa shape index (κ1) is 24.7. The molecular formula is C24H32IN5O. The van der Waals surface area contributed by atoms with Gasteiger partial charge in [0.15, 0.2) is 5.96 Å². The van der Waals surface area contributed by atoms with Crippen LogP contribution in [0.25, 0.3) is 10.9 Å². The van der Waals surface area contributed by atoms with E-state index in [-0.39, 0.29) is 29.9 Å². The second-order valence-corrected chi connectivity index (χ2v) is 7.28. The van der Waals surface area contributed by atoms with Crippen LogP contribution in [0.2, 0.25) is 0 Å².